The molecule has 1 unspecified atom stereocenters. The monoisotopic (exact) mass is 254 g/mol. The number of piperazine rings is 1. The first-order valence-electron chi connectivity index (χ1n) is 6.68. The molecule has 1 N–H and O–H groups in total. The molecule has 0 radical (unpaired) electrons. The summed E-state index contributed by atoms with van der Waals surface area (Å²) in [5.41, 5.74) is 2.20. The third-order valence-corrected chi connectivity index (χ3v) is 3.94. The largest absolute Gasteiger partial charge is 0.361 e. The van der Waals surface area contributed by atoms with E-state index in [4.69, 9.17) is 0 Å². The van der Waals surface area contributed by atoms with Gasteiger partial charge in [-0.25, -0.2) is 0 Å². The van der Waals surface area contributed by atoms with E-state index in [0.717, 1.165) is 42.6 Å². The maximum absolute atomic E-state index is 9.56. The van der Waals surface area contributed by atoms with Crippen LogP contribution in [0.4, 0.5) is 0 Å². The number of hydrogen-bond acceptors (Lipinski definition) is 3. The number of aromatic nitrogens is 1. The lowest BCUT2D eigenvalue weighted by Gasteiger charge is -2.35. The normalized spacial score (nSPS) is 19.4. The third-order valence-electron chi connectivity index (χ3n) is 3.94. The first-order valence-corrected chi connectivity index (χ1v) is 6.68. The molecule has 2 heterocycles. The number of hydrogen-bond donors (Lipinski definition) is 1. The van der Waals surface area contributed by atoms with Crippen molar-refractivity contribution in [3.63, 3.8) is 0 Å². The summed E-state index contributed by atoms with van der Waals surface area (Å²) in [5.74, 6) is 0. The third kappa shape index (κ3) is 2.23. The van der Waals surface area contributed by atoms with Crippen LogP contribution < -0.4 is 0 Å². The van der Waals surface area contributed by atoms with Crippen LogP contribution in [-0.2, 0) is 0 Å². The van der Waals surface area contributed by atoms with E-state index in [0.29, 0.717) is 0 Å². The van der Waals surface area contributed by atoms with Crippen LogP contribution >= 0.6 is 0 Å². The van der Waals surface area contributed by atoms with Crippen LogP contribution in [0.2, 0.25) is 0 Å². The van der Waals surface area contributed by atoms with Gasteiger partial charge < -0.3 is 9.88 Å². The highest BCUT2D eigenvalue weighted by atomic mass is 15.3. The Labute approximate surface area is 113 Å². The van der Waals surface area contributed by atoms with Gasteiger partial charge in [0.25, 0.3) is 0 Å². The van der Waals surface area contributed by atoms with E-state index >= 15 is 0 Å². The van der Waals surface area contributed by atoms with Crippen LogP contribution in [0.25, 0.3) is 10.9 Å². The van der Waals surface area contributed by atoms with E-state index in [-0.39, 0.29) is 6.04 Å². The number of likely N-dealkylation sites (N-methyl/N-ethyl adjacent to an activating group) is 1. The average Bonchev–Trinajstić information content (AvgIpc) is 2.86. The molecule has 1 saturated heterocycles. The highest BCUT2D eigenvalue weighted by molar-refractivity contribution is 5.83. The average molecular weight is 254 g/mol. The van der Waals surface area contributed by atoms with Crippen molar-refractivity contribution in [2.24, 2.45) is 0 Å². The lowest BCUT2D eigenvalue weighted by molar-refractivity contribution is 0.133. The summed E-state index contributed by atoms with van der Waals surface area (Å²) in [5, 5.41) is 10.7. The zero-order chi connectivity index (χ0) is 13.2. The molecule has 1 aromatic heterocycles. The first-order chi connectivity index (χ1) is 9.29. The molecule has 3 rings (SSSR count). The van der Waals surface area contributed by atoms with Crippen molar-refractivity contribution in [3.8, 4) is 6.07 Å². The molecule has 19 heavy (non-hydrogen) atoms. The Kier molecular flexibility index (Phi) is 3.24. The van der Waals surface area contributed by atoms with Crippen LogP contribution in [0.3, 0.4) is 0 Å². The first kappa shape index (κ1) is 12.2. The molecule has 1 aliphatic heterocycles. The van der Waals surface area contributed by atoms with E-state index < -0.39 is 0 Å². The maximum Gasteiger partial charge on any atom is 0.126 e. The fraction of sp³-hybridized carbons (Fsp3) is 0.400. The summed E-state index contributed by atoms with van der Waals surface area (Å²) < 4.78 is 0. The summed E-state index contributed by atoms with van der Waals surface area (Å²) in [4.78, 5) is 7.84. The molecular formula is C15H18N4. The van der Waals surface area contributed by atoms with Crippen LogP contribution in [0, 0.1) is 11.3 Å². The molecule has 0 aliphatic carbocycles. The van der Waals surface area contributed by atoms with E-state index in [1.807, 2.05) is 18.3 Å². The number of para-hydroxylation sites is 1. The summed E-state index contributed by atoms with van der Waals surface area (Å²) >= 11 is 0. The number of nitrogens with zero attached hydrogens (tertiary/aromatic N) is 3. The Balaban J connectivity index is 1.92. The second kappa shape index (κ2) is 5.04. The van der Waals surface area contributed by atoms with Crippen molar-refractivity contribution in [1.29, 1.82) is 5.26 Å². The Morgan fingerprint density at radius 3 is 2.68 bits per heavy atom. The van der Waals surface area contributed by atoms with Gasteiger partial charge in [0.15, 0.2) is 0 Å². The zero-order valence-corrected chi connectivity index (χ0v) is 11.1. The minimum atomic E-state index is -0.148. The SMILES string of the molecule is CN1CCN(C(C#N)c2c[nH]c3ccccc23)CC1. The van der Waals surface area contributed by atoms with Crippen LogP contribution in [0.15, 0.2) is 30.5 Å². The fourth-order valence-corrected chi connectivity index (χ4v) is 2.75. The minimum Gasteiger partial charge on any atom is -0.361 e. The molecule has 1 atom stereocenters. The molecule has 0 bridgehead atoms. The highest BCUT2D eigenvalue weighted by Gasteiger charge is 2.25. The van der Waals surface area contributed by atoms with Gasteiger partial charge in [0.05, 0.1) is 6.07 Å². The van der Waals surface area contributed by atoms with Gasteiger partial charge in [0, 0.05) is 48.8 Å². The molecule has 4 nitrogen and oxygen atoms in total. The lowest BCUT2D eigenvalue weighted by Crippen LogP contribution is -2.45. The predicted octanol–water partition coefficient (Wildman–Crippen LogP) is 1.98. The number of fused-ring (bicyclic) bond motifs is 1. The Hall–Kier alpha value is -1.83. The van der Waals surface area contributed by atoms with Gasteiger partial charge in [-0.15, -0.1) is 0 Å². The Bertz CT molecular complexity index is 602. The zero-order valence-electron chi connectivity index (χ0n) is 11.1. The molecule has 1 aromatic carbocycles. The van der Waals surface area contributed by atoms with Gasteiger partial charge in [0.1, 0.15) is 6.04 Å². The molecular weight excluding hydrogens is 236 g/mol. The van der Waals surface area contributed by atoms with E-state index in [9.17, 15) is 5.26 Å². The highest BCUT2D eigenvalue weighted by Crippen LogP contribution is 2.28. The number of H-pyrrole nitrogens is 1. The summed E-state index contributed by atoms with van der Waals surface area (Å²) in [6.45, 7) is 3.96. The van der Waals surface area contributed by atoms with Crippen molar-refractivity contribution >= 4 is 10.9 Å². The quantitative estimate of drug-likeness (QED) is 0.891. The number of benzene rings is 1. The maximum atomic E-state index is 9.56. The lowest BCUT2D eigenvalue weighted by atomic mass is 10.0. The summed E-state index contributed by atoms with van der Waals surface area (Å²) in [6, 6.07) is 10.5. The topological polar surface area (TPSA) is 46.1 Å². The summed E-state index contributed by atoms with van der Waals surface area (Å²) in [6.07, 6.45) is 1.98. The number of rotatable bonds is 2. The van der Waals surface area contributed by atoms with E-state index in [1.165, 1.54) is 0 Å². The molecule has 2 aromatic rings. The number of nitrogens with one attached hydrogen (secondary N) is 1. The van der Waals surface area contributed by atoms with Gasteiger partial charge in [-0.1, -0.05) is 18.2 Å². The van der Waals surface area contributed by atoms with Crippen LogP contribution in [0.1, 0.15) is 11.6 Å². The van der Waals surface area contributed by atoms with Gasteiger partial charge >= 0.3 is 0 Å². The van der Waals surface area contributed by atoms with Gasteiger partial charge in [0.2, 0.25) is 0 Å². The van der Waals surface area contributed by atoms with Crippen molar-refractivity contribution in [1.82, 2.24) is 14.8 Å². The van der Waals surface area contributed by atoms with E-state index in [1.54, 1.807) is 0 Å². The predicted molar refractivity (Wildman–Crippen MR) is 75.7 cm³/mol. The molecule has 0 saturated carbocycles. The van der Waals surface area contributed by atoms with Crippen LogP contribution in [0.5, 0.6) is 0 Å². The molecule has 4 heteroatoms. The van der Waals surface area contributed by atoms with Crippen molar-refractivity contribution in [2.75, 3.05) is 33.2 Å². The van der Waals surface area contributed by atoms with Gasteiger partial charge in [-0.3, -0.25) is 4.90 Å². The van der Waals surface area contributed by atoms with Crippen molar-refractivity contribution < 1.29 is 0 Å². The van der Waals surface area contributed by atoms with Crippen molar-refractivity contribution in [2.45, 2.75) is 6.04 Å². The second-order valence-electron chi connectivity index (χ2n) is 5.16. The molecule has 0 spiro atoms. The molecule has 0 amide bonds. The molecule has 98 valence electrons. The Morgan fingerprint density at radius 2 is 1.95 bits per heavy atom. The minimum absolute atomic E-state index is 0.148. The van der Waals surface area contributed by atoms with E-state index in [2.05, 4.69) is 40.0 Å². The smallest absolute Gasteiger partial charge is 0.126 e. The van der Waals surface area contributed by atoms with Crippen LogP contribution in [-0.4, -0.2) is 48.0 Å². The van der Waals surface area contributed by atoms with Crippen molar-refractivity contribution in [3.05, 3.63) is 36.0 Å². The fourth-order valence-electron chi connectivity index (χ4n) is 2.75. The van der Waals surface area contributed by atoms with Gasteiger partial charge in [-0.2, -0.15) is 5.26 Å². The molecule has 1 fully saturated rings. The Morgan fingerprint density at radius 1 is 1.21 bits per heavy atom. The number of aromatic amines is 1. The summed E-state index contributed by atoms with van der Waals surface area (Å²) in [7, 11) is 2.13. The van der Waals surface area contributed by atoms with Gasteiger partial charge in [-0.05, 0) is 13.1 Å². The molecule has 1 aliphatic rings. The standard InChI is InChI=1S/C15H18N4/c1-18-6-8-19(9-7-18)15(10-16)13-11-17-14-5-3-2-4-12(13)14/h2-5,11,15,17H,6-9H2,1H3. The second-order valence-corrected chi connectivity index (χ2v) is 5.16. The number of nitriles is 1.